The molecule has 1 saturated heterocycles. The predicted molar refractivity (Wildman–Crippen MR) is 84.6 cm³/mol. The fraction of sp³-hybridized carbons (Fsp3) is 0.533. The molecule has 0 aromatic carbocycles. The summed E-state index contributed by atoms with van der Waals surface area (Å²) in [5, 5.41) is 14.3. The van der Waals surface area contributed by atoms with Crippen molar-refractivity contribution in [2.75, 3.05) is 13.2 Å². The van der Waals surface area contributed by atoms with Gasteiger partial charge in [0.2, 0.25) is 0 Å². The largest absolute Gasteiger partial charge is 0.396 e. The van der Waals surface area contributed by atoms with Crippen molar-refractivity contribution in [3.05, 3.63) is 23.5 Å². The van der Waals surface area contributed by atoms with Crippen LogP contribution in [0.25, 0.3) is 10.6 Å². The van der Waals surface area contributed by atoms with Crippen molar-refractivity contribution >= 4 is 17.2 Å². The molecule has 0 saturated carbocycles. The molecule has 2 unspecified atom stereocenters. The summed E-state index contributed by atoms with van der Waals surface area (Å²) in [7, 11) is 1.85. The van der Waals surface area contributed by atoms with Crippen molar-refractivity contribution in [2.45, 2.75) is 25.8 Å². The van der Waals surface area contributed by atoms with E-state index in [2.05, 4.69) is 17.0 Å². The third kappa shape index (κ3) is 2.91. The number of thiazole rings is 1. The Labute approximate surface area is 133 Å². The van der Waals surface area contributed by atoms with Crippen LogP contribution in [0.1, 0.15) is 29.4 Å². The van der Waals surface area contributed by atoms with Gasteiger partial charge in [0.05, 0.1) is 12.4 Å². The number of aliphatic hydroxyl groups excluding tert-OH is 1. The maximum absolute atomic E-state index is 12.7. The molecule has 2 atom stereocenters. The van der Waals surface area contributed by atoms with E-state index < -0.39 is 0 Å². The maximum Gasteiger partial charge on any atom is 0.265 e. The number of aromatic nitrogens is 3. The molecule has 3 heterocycles. The summed E-state index contributed by atoms with van der Waals surface area (Å²) in [5.41, 5.74) is 0.923. The Kier molecular flexibility index (Phi) is 4.26. The number of aliphatic hydroxyl groups is 1. The van der Waals surface area contributed by atoms with Crippen LogP contribution in [0.5, 0.6) is 0 Å². The zero-order chi connectivity index (χ0) is 15.7. The highest BCUT2D eigenvalue weighted by Gasteiger charge is 2.30. The molecule has 1 amide bonds. The van der Waals surface area contributed by atoms with Crippen LogP contribution in [0.3, 0.4) is 0 Å². The van der Waals surface area contributed by atoms with Crippen LogP contribution in [0.15, 0.2) is 18.6 Å². The van der Waals surface area contributed by atoms with Gasteiger partial charge in [0.15, 0.2) is 0 Å². The molecule has 7 heteroatoms. The highest BCUT2D eigenvalue weighted by molar-refractivity contribution is 7.16. The number of likely N-dealkylation sites (tertiary alicyclic amines) is 1. The van der Waals surface area contributed by atoms with Crippen LogP contribution in [-0.4, -0.2) is 49.9 Å². The minimum atomic E-state index is 0.0123. The quantitative estimate of drug-likeness (QED) is 0.936. The van der Waals surface area contributed by atoms with E-state index in [0.717, 1.165) is 23.4 Å². The third-order valence-corrected chi connectivity index (χ3v) is 5.20. The third-order valence-electron chi connectivity index (χ3n) is 4.17. The van der Waals surface area contributed by atoms with Crippen molar-refractivity contribution < 1.29 is 9.90 Å². The van der Waals surface area contributed by atoms with Crippen molar-refractivity contribution in [1.29, 1.82) is 0 Å². The molecule has 1 aliphatic heterocycles. The molecule has 0 bridgehead atoms. The summed E-state index contributed by atoms with van der Waals surface area (Å²) < 4.78 is 1.72. The smallest absolute Gasteiger partial charge is 0.265 e. The van der Waals surface area contributed by atoms with Gasteiger partial charge in [0.25, 0.3) is 5.91 Å². The predicted octanol–water partition coefficient (Wildman–Crippen LogP) is 1.78. The number of hydrogen-bond donors (Lipinski definition) is 1. The molecule has 6 nitrogen and oxygen atoms in total. The van der Waals surface area contributed by atoms with Gasteiger partial charge in [-0.2, -0.15) is 5.10 Å². The van der Waals surface area contributed by atoms with Crippen LogP contribution in [0.4, 0.5) is 0 Å². The van der Waals surface area contributed by atoms with E-state index in [1.165, 1.54) is 11.3 Å². The molecule has 2 aromatic rings. The van der Waals surface area contributed by atoms with Crippen molar-refractivity contribution in [1.82, 2.24) is 19.7 Å². The molecule has 3 rings (SSSR count). The van der Waals surface area contributed by atoms with E-state index in [0.29, 0.717) is 11.4 Å². The lowest BCUT2D eigenvalue weighted by Crippen LogP contribution is -2.46. The first-order valence-corrected chi connectivity index (χ1v) is 8.26. The van der Waals surface area contributed by atoms with Gasteiger partial charge in [-0.25, -0.2) is 4.98 Å². The highest BCUT2D eigenvalue weighted by atomic mass is 32.1. The van der Waals surface area contributed by atoms with Gasteiger partial charge in [-0.05, 0) is 25.7 Å². The summed E-state index contributed by atoms with van der Waals surface area (Å²) in [5.74, 6) is 0.198. The summed E-state index contributed by atoms with van der Waals surface area (Å²) >= 11 is 1.39. The monoisotopic (exact) mass is 320 g/mol. The number of carbonyl (C=O) groups is 1. The second-order valence-electron chi connectivity index (χ2n) is 5.86. The topological polar surface area (TPSA) is 71.2 Å². The maximum atomic E-state index is 12.7. The van der Waals surface area contributed by atoms with Gasteiger partial charge in [0, 0.05) is 38.0 Å². The Morgan fingerprint density at radius 2 is 2.27 bits per heavy atom. The average molecular weight is 320 g/mol. The van der Waals surface area contributed by atoms with Crippen LogP contribution < -0.4 is 0 Å². The summed E-state index contributed by atoms with van der Waals surface area (Å²) in [6, 6.07) is 0.208. The van der Waals surface area contributed by atoms with Crippen LogP contribution in [-0.2, 0) is 7.05 Å². The molecule has 0 aliphatic carbocycles. The number of carbonyl (C=O) groups excluding carboxylic acids is 1. The van der Waals surface area contributed by atoms with E-state index >= 15 is 0 Å². The second-order valence-corrected chi connectivity index (χ2v) is 6.90. The Bertz CT molecular complexity index is 666. The lowest BCUT2D eigenvalue weighted by atomic mass is 9.94. The zero-order valence-corrected chi connectivity index (χ0v) is 13.6. The molecule has 0 radical (unpaired) electrons. The van der Waals surface area contributed by atoms with Crippen LogP contribution in [0.2, 0.25) is 0 Å². The fourth-order valence-corrected chi connectivity index (χ4v) is 3.64. The van der Waals surface area contributed by atoms with Gasteiger partial charge < -0.3 is 10.0 Å². The molecule has 22 heavy (non-hydrogen) atoms. The lowest BCUT2D eigenvalue weighted by Gasteiger charge is -2.37. The number of piperidine rings is 1. The average Bonchev–Trinajstić information content (AvgIpc) is 3.16. The molecule has 0 spiro atoms. The van der Waals surface area contributed by atoms with E-state index in [1.54, 1.807) is 17.1 Å². The molecule has 1 aliphatic rings. The SMILES string of the molecule is CC1CCC(CO)CN1C(=O)c1cnc(-c2cnn(C)c2)s1. The molecular weight excluding hydrogens is 300 g/mol. The first-order chi connectivity index (χ1) is 10.6. The standard InChI is InChI=1S/C15H20N4O2S/c1-10-3-4-11(9-20)7-19(10)15(21)13-6-16-14(22-13)12-5-17-18(2)8-12/h5-6,8,10-11,20H,3-4,7,9H2,1-2H3. The molecular formula is C15H20N4O2S. The van der Waals surface area contributed by atoms with E-state index in [9.17, 15) is 9.90 Å². The van der Waals surface area contributed by atoms with Gasteiger partial charge in [-0.3, -0.25) is 9.48 Å². The minimum absolute atomic E-state index is 0.0123. The Morgan fingerprint density at radius 3 is 2.95 bits per heavy atom. The van der Waals surface area contributed by atoms with Crippen molar-refractivity contribution in [3.63, 3.8) is 0 Å². The van der Waals surface area contributed by atoms with Crippen LogP contribution in [0, 0.1) is 5.92 Å². The Morgan fingerprint density at radius 1 is 1.45 bits per heavy atom. The second kappa shape index (κ2) is 6.18. The molecule has 1 fully saturated rings. The lowest BCUT2D eigenvalue weighted by molar-refractivity contribution is 0.0493. The molecule has 118 valence electrons. The number of aryl methyl sites for hydroxylation is 1. The van der Waals surface area contributed by atoms with Crippen LogP contribution >= 0.6 is 11.3 Å². The van der Waals surface area contributed by atoms with E-state index in [1.807, 2.05) is 18.1 Å². The minimum Gasteiger partial charge on any atom is -0.396 e. The Balaban J connectivity index is 1.78. The van der Waals surface area contributed by atoms with Gasteiger partial charge in [0.1, 0.15) is 9.88 Å². The zero-order valence-electron chi connectivity index (χ0n) is 12.8. The summed E-state index contributed by atoms with van der Waals surface area (Å²) in [6.45, 7) is 2.82. The van der Waals surface area contributed by atoms with E-state index in [4.69, 9.17) is 0 Å². The number of amides is 1. The summed E-state index contributed by atoms with van der Waals surface area (Å²) in [4.78, 5) is 19.6. The fourth-order valence-electron chi connectivity index (χ4n) is 2.79. The number of hydrogen-bond acceptors (Lipinski definition) is 5. The van der Waals surface area contributed by atoms with Gasteiger partial charge in [-0.15, -0.1) is 11.3 Å². The normalized spacial score (nSPS) is 22.0. The highest BCUT2D eigenvalue weighted by Crippen LogP contribution is 2.28. The Hall–Kier alpha value is -1.73. The van der Waals surface area contributed by atoms with Gasteiger partial charge >= 0.3 is 0 Å². The van der Waals surface area contributed by atoms with E-state index in [-0.39, 0.29) is 24.5 Å². The molecule has 2 aromatic heterocycles. The first kappa shape index (κ1) is 15.2. The van der Waals surface area contributed by atoms with Crippen molar-refractivity contribution in [3.8, 4) is 10.6 Å². The van der Waals surface area contributed by atoms with Gasteiger partial charge in [-0.1, -0.05) is 0 Å². The number of rotatable bonds is 3. The van der Waals surface area contributed by atoms with Crippen molar-refractivity contribution in [2.24, 2.45) is 13.0 Å². The number of nitrogens with zero attached hydrogens (tertiary/aromatic N) is 4. The summed E-state index contributed by atoms with van der Waals surface area (Å²) in [6.07, 6.45) is 7.19. The first-order valence-electron chi connectivity index (χ1n) is 7.45. The molecule has 1 N–H and O–H groups in total.